The molecule has 0 saturated carbocycles. The van der Waals surface area contributed by atoms with Gasteiger partial charge in [0.1, 0.15) is 5.82 Å². The van der Waals surface area contributed by atoms with E-state index in [1.54, 1.807) is 30.3 Å². The third-order valence-corrected chi connectivity index (χ3v) is 4.90. The van der Waals surface area contributed by atoms with Gasteiger partial charge in [0.2, 0.25) is 0 Å². The van der Waals surface area contributed by atoms with E-state index in [2.05, 4.69) is 10.6 Å². The predicted molar refractivity (Wildman–Crippen MR) is 100 cm³/mol. The van der Waals surface area contributed by atoms with Crippen LogP contribution in [0.4, 0.5) is 4.39 Å². The molecule has 1 aliphatic rings. The zero-order chi connectivity index (χ0) is 18.5. The Labute approximate surface area is 157 Å². The maximum atomic E-state index is 13.4. The van der Waals surface area contributed by atoms with E-state index in [1.165, 1.54) is 11.6 Å². The summed E-state index contributed by atoms with van der Waals surface area (Å²) >= 11 is 5.80. The van der Waals surface area contributed by atoms with Gasteiger partial charge < -0.3 is 15.7 Å². The predicted octanol–water partition coefficient (Wildman–Crippen LogP) is 2.72. The molecule has 0 fully saturated rings. The van der Waals surface area contributed by atoms with Crippen LogP contribution in [0.3, 0.4) is 0 Å². The van der Waals surface area contributed by atoms with E-state index < -0.39 is 6.10 Å². The highest BCUT2D eigenvalue weighted by Crippen LogP contribution is 2.22. The van der Waals surface area contributed by atoms with E-state index in [4.69, 9.17) is 11.6 Å². The number of nitrogens with one attached hydrogen (secondary N) is 2. The quantitative estimate of drug-likeness (QED) is 0.726. The van der Waals surface area contributed by atoms with Crippen LogP contribution in [0.2, 0.25) is 5.02 Å². The number of benzene rings is 2. The second kappa shape index (κ2) is 8.62. The van der Waals surface area contributed by atoms with Crippen molar-refractivity contribution in [2.24, 2.45) is 0 Å². The summed E-state index contributed by atoms with van der Waals surface area (Å²) in [4.78, 5) is 12.0. The summed E-state index contributed by atoms with van der Waals surface area (Å²) in [5.74, 6) is -0.461. The molecule has 2 aromatic rings. The number of hydrogen-bond acceptors (Lipinski definition) is 3. The Morgan fingerprint density at radius 2 is 1.96 bits per heavy atom. The third-order valence-electron chi connectivity index (χ3n) is 4.64. The van der Waals surface area contributed by atoms with E-state index in [-0.39, 0.29) is 24.3 Å². The first-order chi connectivity index (χ1) is 12.5. The van der Waals surface area contributed by atoms with E-state index in [0.717, 1.165) is 24.8 Å². The molecule has 2 aromatic carbocycles. The molecule has 0 saturated heterocycles. The number of halogens is 2. The Morgan fingerprint density at radius 3 is 2.73 bits per heavy atom. The average molecular weight is 377 g/mol. The molecule has 0 spiro atoms. The van der Waals surface area contributed by atoms with Gasteiger partial charge in [-0.15, -0.1) is 0 Å². The van der Waals surface area contributed by atoms with Crippen LogP contribution in [0.15, 0.2) is 42.5 Å². The topological polar surface area (TPSA) is 61.4 Å². The Morgan fingerprint density at radius 1 is 1.19 bits per heavy atom. The fourth-order valence-electron chi connectivity index (χ4n) is 3.19. The lowest BCUT2D eigenvalue weighted by Gasteiger charge is -2.26. The lowest BCUT2D eigenvalue weighted by atomic mass is 9.88. The molecular weight excluding hydrogens is 355 g/mol. The van der Waals surface area contributed by atoms with E-state index in [1.807, 2.05) is 6.07 Å². The molecule has 3 N–H and O–H groups in total. The Bertz CT molecular complexity index is 767. The van der Waals surface area contributed by atoms with Gasteiger partial charge in [-0.25, -0.2) is 4.39 Å². The van der Waals surface area contributed by atoms with E-state index in [9.17, 15) is 14.3 Å². The normalized spacial score (nSPS) is 17.4. The van der Waals surface area contributed by atoms with Gasteiger partial charge in [-0.1, -0.05) is 17.7 Å². The maximum absolute atomic E-state index is 13.4. The SMILES string of the molecule is O=C(NCC(O)CNC1CCc2ccc(F)cc2C1)c1ccc(Cl)cc1. The van der Waals surface area contributed by atoms with Crippen LogP contribution in [0.1, 0.15) is 27.9 Å². The fourth-order valence-corrected chi connectivity index (χ4v) is 3.31. The standard InChI is InChI=1S/C20H22ClFN2O2/c21-16-5-1-14(2-6-16)20(26)24-12-19(25)11-23-18-8-4-13-3-7-17(22)9-15(13)10-18/h1-3,5-7,9,18-19,23,25H,4,8,10-12H2,(H,24,26). The van der Waals surface area contributed by atoms with Crippen molar-refractivity contribution in [2.75, 3.05) is 13.1 Å². The number of hydrogen-bond donors (Lipinski definition) is 3. The van der Waals surface area contributed by atoms with Gasteiger partial charge in [-0.2, -0.15) is 0 Å². The smallest absolute Gasteiger partial charge is 0.251 e. The fraction of sp³-hybridized carbons (Fsp3) is 0.350. The zero-order valence-electron chi connectivity index (χ0n) is 14.3. The number of aryl methyl sites for hydroxylation is 1. The highest BCUT2D eigenvalue weighted by atomic mass is 35.5. The van der Waals surface area contributed by atoms with Crippen LogP contribution in [-0.2, 0) is 12.8 Å². The van der Waals surface area contributed by atoms with Crippen LogP contribution in [0, 0.1) is 5.82 Å². The molecule has 0 aliphatic heterocycles. The maximum Gasteiger partial charge on any atom is 0.251 e. The molecule has 1 aliphatic carbocycles. The molecule has 2 unspecified atom stereocenters. The van der Waals surface area contributed by atoms with Gasteiger partial charge in [-0.3, -0.25) is 4.79 Å². The Hall–Kier alpha value is -1.95. The van der Waals surface area contributed by atoms with Crippen molar-refractivity contribution >= 4 is 17.5 Å². The molecule has 138 valence electrons. The second-order valence-corrected chi connectivity index (χ2v) is 7.07. The third kappa shape index (κ3) is 5.04. The minimum Gasteiger partial charge on any atom is -0.390 e. The summed E-state index contributed by atoms with van der Waals surface area (Å²) in [6.45, 7) is 0.530. The number of aliphatic hydroxyl groups excluding tert-OH is 1. The molecule has 3 rings (SSSR count). The van der Waals surface area contributed by atoms with Crippen molar-refractivity contribution in [1.29, 1.82) is 0 Å². The van der Waals surface area contributed by atoms with Crippen molar-refractivity contribution in [3.63, 3.8) is 0 Å². The number of fused-ring (bicyclic) bond motifs is 1. The second-order valence-electron chi connectivity index (χ2n) is 6.63. The van der Waals surface area contributed by atoms with Crippen LogP contribution in [-0.4, -0.2) is 36.2 Å². The molecule has 1 amide bonds. The summed E-state index contributed by atoms with van der Waals surface area (Å²) in [5.41, 5.74) is 2.72. The van der Waals surface area contributed by atoms with Gasteiger partial charge in [0.25, 0.3) is 5.91 Å². The lowest BCUT2D eigenvalue weighted by Crippen LogP contribution is -2.43. The number of rotatable bonds is 6. The van der Waals surface area contributed by atoms with Gasteiger partial charge >= 0.3 is 0 Å². The molecular formula is C20H22ClFN2O2. The van der Waals surface area contributed by atoms with Crippen molar-refractivity contribution in [1.82, 2.24) is 10.6 Å². The minimum atomic E-state index is -0.694. The van der Waals surface area contributed by atoms with Crippen molar-refractivity contribution in [3.8, 4) is 0 Å². The van der Waals surface area contributed by atoms with Crippen molar-refractivity contribution < 1.29 is 14.3 Å². The molecule has 26 heavy (non-hydrogen) atoms. The molecule has 2 atom stereocenters. The summed E-state index contributed by atoms with van der Waals surface area (Å²) in [7, 11) is 0. The van der Waals surface area contributed by atoms with Gasteiger partial charge in [0.05, 0.1) is 6.10 Å². The summed E-state index contributed by atoms with van der Waals surface area (Å²) < 4.78 is 13.4. The molecule has 0 heterocycles. The Kier molecular flexibility index (Phi) is 6.25. The largest absolute Gasteiger partial charge is 0.390 e. The van der Waals surface area contributed by atoms with Crippen LogP contribution in [0.25, 0.3) is 0 Å². The summed E-state index contributed by atoms with van der Waals surface area (Å²) in [5, 5.41) is 16.7. The number of aliphatic hydroxyl groups is 1. The van der Waals surface area contributed by atoms with Crippen LogP contribution < -0.4 is 10.6 Å². The lowest BCUT2D eigenvalue weighted by molar-refractivity contribution is 0.0913. The summed E-state index contributed by atoms with van der Waals surface area (Å²) in [6.07, 6.45) is 1.90. The Balaban J connectivity index is 1.42. The molecule has 0 radical (unpaired) electrons. The molecule has 6 heteroatoms. The number of amides is 1. The van der Waals surface area contributed by atoms with Gasteiger partial charge in [0, 0.05) is 29.7 Å². The first-order valence-corrected chi connectivity index (χ1v) is 9.11. The first kappa shape index (κ1) is 18.8. The monoisotopic (exact) mass is 376 g/mol. The zero-order valence-corrected chi connectivity index (χ0v) is 15.1. The van der Waals surface area contributed by atoms with Gasteiger partial charge in [-0.05, 0) is 66.8 Å². The molecule has 0 bridgehead atoms. The van der Waals surface area contributed by atoms with Crippen LogP contribution in [0.5, 0.6) is 0 Å². The molecule has 0 aromatic heterocycles. The summed E-state index contributed by atoms with van der Waals surface area (Å²) in [6, 6.07) is 11.7. The van der Waals surface area contributed by atoms with Crippen LogP contribution >= 0.6 is 11.6 Å². The van der Waals surface area contributed by atoms with Gasteiger partial charge in [0.15, 0.2) is 0 Å². The highest BCUT2D eigenvalue weighted by Gasteiger charge is 2.19. The van der Waals surface area contributed by atoms with E-state index >= 15 is 0 Å². The minimum absolute atomic E-state index is 0.159. The van der Waals surface area contributed by atoms with Crippen molar-refractivity contribution in [3.05, 3.63) is 70.0 Å². The average Bonchev–Trinajstić information content (AvgIpc) is 2.64. The van der Waals surface area contributed by atoms with E-state index in [0.29, 0.717) is 17.1 Å². The first-order valence-electron chi connectivity index (χ1n) is 8.74. The number of carbonyl (C=O) groups is 1. The highest BCUT2D eigenvalue weighted by molar-refractivity contribution is 6.30. The number of carbonyl (C=O) groups excluding carboxylic acids is 1. The molecule has 4 nitrogen and oxygen atoms in total. The van der Waals surface area contributed by atoms with Crippen molar-refractivity contribution in [2.45, 2.75) is 31.4 Å².